The highest BCUT2D eigenvalue weighted by Gasteiger charge is 2.76. The maximum atomic E-state index is 13.2. The van der Waals surface area contributed by atoms with E-state index < -0.39 is 23.2 Å². The molecule has 5 aliphatic rings. The van der Waals surface area contributed by atoms with Gasteiger partial charge in [0.25, 0.3) is 0 Å². The van der Waals surface area contributed by atoms with Gasteiger partial charge in [-0.05, 0) is 61.8 Å². The molecular weight excluding hydrogens is 460 g/mol. The number of rotatable bonds is 5. The van der Waals surface area contributed by atoms with E-state index in [2.05, 4.69) is 4.90 Å². The summed E-state index contributed by atoms with van der Waals surface area (Å²) in [5.74, 6) is 0.800. The molecule has 1 saturated heterocycles. The fraction of sp³-hybridized carbons (Fsp3) is 0.536. The number of benzene rings is 1. The van der Waals surface area contributed by atoms with E-state index in [-0.39, 0.29) is 23.7 Å². The Morgan fingerprint density at radius 2 is 2.11 bits per heavy atom. The van der Waals surface area contributed by atoms with E-state index in [0.717, 1.165) is 23.2 Å². The van der Waals surface area contributed by atoms with Crippen molar-refractivity contribution in [3.8, 4) is 11.5 Å². The summed E-state index contributed by atoms with van der Waals surface area (Å²) in [5, 5.41) is 35.2. The van der Waals surface area contributed by atoms with Gasteiger partial charge in [-0.2, -0.15) is 0 Å². The van der Waals surface area contributed by atoms with Crippen LogP contribution < -0.4 is 4.74 Å². The van der Waals surface area contributed by atoms with Gasteiger partial charge in [0.15, 0.2) is 11.5 Å². The van der Waals surface area contributed by atoms with Crippen LogP contribution in [-0.4, -0.2) is 81.1 Å². The summed E-state index contributed by atoms with van der Waals surface area (Å²) in [6.45, 7) is 1.33. The zero-order chi connectivity index (χ0) is 24.8. The Morgan fingerprint density at radius 1 is 1.28 bits per heavy atom. The van der Waals surface area contributed by atoms with Gasteiger partial charge in [-0.1, -0.05) is 6.07 Å². The second kappa shape index (κ2) is 7.60. The van der Waals surface area contributed by atoms with Gasteiger partial charge in [-0.15, -0.1) is 0 Å². The van der Waals surface area contributed by atoms with E-state index >= 15 is 0 Å². The Kier molecular flexibility index (Phi) is 4.73. The number of carbonyl (C=O) groups is 1. The van der Waals surface area contributed by atoms with E-state index in [0.29, 0.717) is 37.5 Å². The molecular formula is C28H32N2O6. The van der Waals surface area contributed by atoms with Gasteiger partial charge >= 0.3 is 0 Å². The minimum absolute atomic E-state index is 0.0125. The van der Waals surface area contributed by atoms with E-state index in [4.69, 9.17) is 9.15 Å². The smallest absolute Gasteiger partial charge is 0.246 e. The number of ether oxygens (including phenoxy) is 1. The van der Waals surface area contributed by atoms with Crippen molar-refractivity contribution in [2.24, 2.45) is 5.92 Å². The first kappa shape index (κ1) is 22.4. The monoisotopic (exact) mass is 492 g/mol. The van der Waals surface area contributed by atoms with Crippen LogP contribution in [0, 0.1) is 5.92 Å². The van der Waals surface area contributed by atoms with E-state index in [1.165, 1.54) is 18.9 Å². The van der Waals surface area contributed by atoms with Crippen molar-refractivity contribution in [3.63, 3.8) is 0 Å². The number of carbonyl (C=O) groups excluding carboxylic acids is 1. The summed E-state index contributed by atoms with van der Waals surface area (Å²) in [4.78, 5) is 17.2. The van der Waals surface area contributed by atoms with Gasteiger partial charge in [-0.25, -0.2) is 0 Å². The highest BCUT2D eigenvalue weighted by Crippen LogP contribution is 2.66. The van der Waals surface area contributed by atoms with Crippen LogP contribution in [0.3, 0.4) is 0 Å². The first-order valence-corrected chi connectivity index (χ1v) is 13.0. The predicted octanol–water partition coefficient (Wildman–Crippen LogP) is 2.06. The molecule has 7 rings (SSSR count). The number of aromatic hydroxyl groups is 1. The number of furan rings is 1. The zero-order valence-electron chi connectivity index (χ0n) is 20.3. The first-order valence-electron chi connectivity index (χ1n) is 13.0. The highest BCUT2D eigenvalue weighted by molar-refractivity contribution is 5.92. The number of likely N-dealkylation sites (N-methyl/N-ethyl adjacent to an activating group) is 1. The van der Waals surface area contributed by atoms with Crippen LogP contribution >= 0.6 is 0 Å². The molecule has 3 unspecified atom stereocenters. The lowest BCUT2D eigenvalue weighted by Crippen LogP contribution is -2.82. The summed E-state index contributed by atoms with van der Waals surface area (Å²) < 4.78 is 11.6. The molecule has 1 aromatic carbocycles. The number of likely N-dealkylation sites (tertiary alicyclic amines) is 1. The summed E-state index contributed by atoms with van der Waals surface area (Å²) >= 11 is 0. The maximum absolute atomic E-state index is 13.2. The Morgan fingerprint density at radius 3 is 2.86 bits per heavy atom. The van der Waals surface area contributed by atoms with Gasteiger partial charge < -0.3 is 29.4 Å². The third kappa shape index (κ3) is 2.83. The lowest BCUT2D eigenvalue weighted by Gasteiger charge is -2.66. The Labute approximate surface area is 209 Å². The lowest BCUT2D eigenvalue weighted by molar-refractivity contribution is -0.236. The standard InChI is InChI=1S/C28H32N2O6/c1-29(23(33)7-4-17-9-11-35-15-17)19-8-10-27(34)21-12-18-5-6-20(31)25-24(18)28(27,26(19)36-25)22(32)14-30(21)13-16-2-3-16/h4-7,9,11,15-16,19,21-22,26,31-32,34H,2-3,8,10,12-14H2,1H3/b7-4+/t19?,21-,22?,26?,27-,28+/m1/s1. The molecule has 2 aliphatic heterocycles. The van der Waals surface area contributed by atoms with Crippen molar-refractivity contribution in [3.05, 3.63) is 53.5 Å². The van der Waals surface area contributed by atoms with Crippen molar-refractivity contribution in [2.45, 2.75) is 67.4 Å². The molecule has 6 atom stereocenters. The van der Waals surface area contributed by atoms with Crippen molar-refractivity contribution in [2.75, 3.05) is 20.1 Å². The van der Waals surface area contributed by atoms with Crippen molar-refractivity contribution in [1.82, 2.24) is 9.80 Å². The third-order valence-corrected chi connectivity index (χ3v) is 9.55. The van der Waals surface area contributed by atoms with Crippen molar-refractivity contribution in [1.29, 1.82) is 0 Å². The van der Waals surface area contributed by atoms with Crippen LogP contribution in [0.15, 0.2) is 41.2 Å². The summed E-state index contributed by atoms with van der Waals surface area (Å²) in [7, 11) is 1.75. The number of nitrogens with zero attached hydrogens (tertiary/aromatic N) is 2. The van der Waals surface area contributed by atoms with Crippen molar-refractivity contribution < 1.29 is 29.3 Å². The highest BCUT2D eigenvalue weighted by atomic mass is 16.5. The van der Waals surface area contributed by atoms with Crippen LogP contribution in [-0.2, 0) is 16.6 Å². The number of phenols is 1. The first-order chi connectivity index (χ1) is 17.3. The van der Waals surface area contributed by atoms with Gasteiger partial charge in [0, 0.05) is 43.4 Å². The number of aliphatic hydroxyl groups excluding tert-OH is 1. The number of hydrogen-bond donors (Lipinski definition) is 3. The maximum Gasteiger partial charge on any atom is 0.246 e. The topological polar surface area (TPSA) is 107 Å². The summed E-state index contributed by atoms with van der Waals surface area (Å²) in [6, 6.07) is 4.82. The Hall–Kier alpha value is -2.81. The normalized spacial score (nSPS) is 36.5. The molecule has 3 aliphatic carbocycles. The molecule has 3 N–H and O–H groups in total. The molecule has 0 radical (unpaired) electrons. The minimum atomic E-state index is -1.22. The molecule has 2 aromatic rings. The summed E-state index contributed by atoms with van der Waals surface area (Å²) in [5.41, 5.74) is 0.216. The number of β-amino-alcohol motifs (C(OH)–C–C–N with tert-alkyl or cyclic N) is 1. The molecule has 2 bridgehead atoms. The lowest BCUT2D eigenvalue weighted by atomic mass is 9.47. The van der Waals surface area contributed by atoms with Crippen LogP contribution in [0.2, 0.25) is 0 Å². The van der Waals surface area contributed by atoms with Gasteiger partial charge in [-0.3, -0.25) is 9.69 Å². The number of amides is 1. The van der Waals surface area contributed by atoms with Crippen molar-refractivity contribution >= 4 is 12.0 Å². The van der Waals surface area contributed by atoms with E-state index in [9.17, 15) is 20.1 Å². The zero-order valence-corrected chi connectivity index (χ0v) is 20.3. The summed E-state index contributed by atoms with van der Waals surface area (Å²) in [6.07, 6.45) is 8.80. The van der Waals surface area contributed by atoms with Gasteiger partial charge in [0.1, 0.15) is 6.10 Å². The van der Waals surface area contributed by atoms with Crippen LogP contribution in [0.1, 0.15) is 42.4 Å². The Balaban J connectivity index is 1.31. The molecule has 8 heteroatoms. The number of phenolic OH excluding ortho intramolecular Hbond substituents is 1. The van der Waals surface area contributed by atoms with Gasteiger partial charge in [0.05, 0.1) is 35.7 Å². The number of aliphatic hydroxyl groups is 2. The van der Waals surface area contributed by atoms with Crippen LogP contribution in [0.25, 0.3) is 6.08 Å². The molecule has 8 nitrogen and oxygen atoms in total. The Bertz CT molecular complexity index is 1240. The van der Waals surface area contributed by atoms with E-state index in [1.54, 1.807) is 42.7 Å². The fourth-order valence-electron chi connectivity index (χ4n) is 7.73. The fourth-order valence-corrected chi connectivity index (χ4v) is 7.73. The van der Waals surface area contributed by atoms with Crippen LogP contribution in [0.4, 0.5) is 0 Å². The second-order valence-electron chi connectivity index (χ2n) is 11.4. The average molecular weight is 493 g/mol. The molecule has 2 saturated carbocycles. The molecule has 190 valence electrons. The van der Waals surface area contributed by atoms with Gasteiger partial charge in [0.2, 0.25) is 5.91 Å². The number of piperidine rings is 1. The molecule has 1 aromatic heterocycles. The largest absolute Gasteiger partial charge is 0.504 e. The molecule has 36 heavy (non-hydrogen) atoms. The third-order valence-electron chi connectivity index (χ3n) is 9.55. The molecule has 1 amide bonds. The quantitative estimate of drug-likeness (QED) is 0.549. The van der Waals surface area contributed by atoms with E-state index in [1.807, 2.05) is 6.07 Å². The SMILES string of the molecule is CN(C(=O)/C=C/c1ccoc1)C1CC[C@@]2(O)[C@H]3Cc4ccc(O)c5c4[C@@]2(C(O)CN3CC2CC2)C1O5. The predicted molar refractivity (Wildman–Crippen MR) is 130 cm³/mol. The molecule has 3 fully saturated rings. The second-order valence-corrected chi connectivity index (χ2v) is 11.4. The average Bonchev–Trinajstić information content (AvgIpc) is 3.36. The molecule has 1 spiro atoms. The minimum Gasteiger partial charge on any atom is -0.504 e. The number of hydrogen-bond acceptors (Lipinski definition) is 7. The van der Waals surface area contributed by atoms with Crippen LogP contribution in [0.5, 0.6) is 11.5 Å². The molecule has 3 heterocycles.